The van der Waals surface area contributed by atoms with Crippen LogP contribution >= 0.6 is 11.3 Å². The Balaban J connectivity index is 1.68. The van der Waals surface area contributed by atoms with Crippen LogP contribution in [0.4, 0.5) is 5.69 Å². The number of carbonyl (C=O) groups is 1. The Kier molecular flexibility index (Phi) is 3.16. The molecule has 0 radical (unpaired) electrons. The highest BCUT2D eigenvalue weighted by molar-refractivity contribution is 7.15. The van der Waals surface area contributed by atoms with Crippen molar-refractivity contribution in [3.8, 4) is 5.75 Å². The number of hydrogen-bond acceptors (Lipinski definition) is 5. The van der Waals surface area contributed by atoms with Gasteiger partial charge in [-0.05, 0) is 30.7 Å². The first-order valence-corrected chi connectivity index (χ1v) is 8.04. The molecule has 0 saturated heterocycles. The number of thiazole rings is 1. The molecule has 1 amide bonds. The van der Waals surface area contributed by atoms with Gasteiger partial charge in [0, 0.05) is 29.4 Å². The molecular weight excluding hydrogens is 314 g/mol. The van der Waals surface area contributed by atoms with Crippen LogP contribution in [-0.2, 0) is 6.42 Å². The van der Waals surface area contributed by atoms with Crippen LogP contribution in [0.15, 0.2) is 34.6 Å². The molecule has 2 aromatic heterocycles. The first kappa shape index (κ1) is 14.0. The van der Waals surface area contributed by atoms with Gasteiger partial charge in [-0.15, -0.1) is 11.3 Å². The van der Waals surface area contributed by atoms with E-state index in [2.05, 4.69) is 10.3 Å². The number of hydrogen-bond donors (Lipinski definition) is 1. The lowest BCUT2D eigenvalue weighted by Crippen LogP contribution is -2.26. The smallest absolute Gasteiger partial charge is 0.271 e. The fourth-order valence-electron chi connectivity index (χ4n) is 2.64. The predicted molar refractivity (Wildman–Crippen MR) is 87.7 cm³/mol. The van der Waals surface area contributed by atoms with E-state index in [0.29, 0.717) is 17.3 Å². The first-order valence-electron chi connectivity index (χ1n) is 7.16. The van der Waals surface area contributed by atoms with Gasteiger partial charge in [-0.2, -0.15) is 0 Å². The van der Waals surface area contributed by atoms with Gasteiger partial charge in [0.1, 0.15) is 11.3 Å². The Hall–Kier alpha value is -2.67. The minimum Gasteiger partial charge on any atom is -0.493 e. The number of amides is 1. The summed E-state index contributed by atoms with van der Waals surface area (Å²) in [4.78, 5) is 29.7. The summed E-state index contributed by atoms with van der Waals surface area (Å²) in [5.74, 6) is 0.390. The van der Waals surface area contributed by atoms with Gasteiger partial charge < -0.3 is 10.1 Å². The van der Waals surface area contributed by atoms with Gasteiger partial charge in [0.15, 0.2) is 4.96 Å². The molecule has 1 N–H and O–H groups in total. The standard InChI is InChI=1S/C16H13N3O3S/c1-9-8-23-16-17-7-12(15(21)19(9)16)14(20)18-11-2-3-13-10(6-11)4-5-22-13/h2-3,6-8H,4-5H2,1H3,(H,18,20). The van der Waals surface area contributed by atoms with Crippen LogP contribution in [0.2, 0.25) is 0 Å². The molecule has 1 aromatic carbocycles. The molecule has 116 valence electrons. The SMILES string of the molecule is Cc1csc2ncc(C(=O)Nc3ccc4c(c3)CCO4)c(=O)n12. The summed E-state index contributed by atoms with van der Waals surface area (Å²) < 4.78 is 6.89. The van der Waals surface area contributed by atoms with E-state index in [0.717, 1.165) is 23.4 Å². The van der Waals surface area contributed by atoms with Gasteiger partial charge in [0.2, 0.25) is 0 Å². The zero-order valence-electron chi connectivity index (χ0n) is 12.3. The molecule has 6 nitrogen and oxygen atoms in total. The highest BCUT2D eigenvalue weighted by Crippen LogP contribution is 2.27. The number of aromatic nitrogens is 2. The molecule has 0 atom stereocenters. The maximum atomic E-state index is 12.5. The molecular formula is C16H13N3O3S. The Morgan fingerprint density at radius 1 is 1.43 bits per heavy atom. The van der Waals surface area contributed by atoms with Crippen LogP contribution in [0.3, 0.4) is 0 Å². The summed E-state index contributed by atoms with van der Waals surface area (Å²) >= 11 is 1.37. The number of nitrogens with one attached hydrogen (secondary N) is 1. The van der Waals surface area contributed by atoms with Crippen molar-refractivity contribution < 1.29 is 9.53 Å². The zero-order chi connectivity index (χ0) is 16.0. The van der Waals surface area contributed by atoms with Crippen molar-refractivity contribution in [2.24, 2.45) is 0 Å². The molecule has 1 aliphatic heterocycles. The van der Waals surface area contributed by atoms with Crippen molar-refractivity contribution in [3.63, 3.8) is 0 Å². The summed E-state index contributed by atoms with van der Waals surface area (Å²) in [7, 11) is 0. The molecule has 1 aliphatic rings. The van der Waals surface area contributed by atoms with Crippen molar-refractivity contribution in [1.29, 1.82) is 0 Å². The highest BCUT2D eigenvalue weighted by atomic mass is 32.1. The molecule has 0 aliphatic carbocycles. The molecule has 0 spiro atoms. The molecule has 0 unspecified atom stereocenters. The van der Waals surface area contributed by atoms with Gasteiger partial charge >= 0.3 is 0 Å². The summed E-state index contributed by atoms with van der Waals surface area (Å²) in [5, 5.41) is 4.60. The second-order valence-corrected chi connectivity index (χ2v) is 6.18. The van der Waals surface area contributed by atoms with Crippen LogP contribution < -0.4 is 15.6 Å². The number of aryl methyl sites for hydroxylation is 1. The Labute approximate surface area is 135 Å². The van der Waals surface area contributed by atoms with E-state index in [-0.39, 0.29) is 11.1 Å². The van der Waals surface area contributed by atoms with E-state index in [9.17, 15) is 9.59 Å². The largest absolute Gasteiger partial charge is 0.493 e. The van der Waals surface area contributed by atoms with Crippen LogP contribution in [-0.4, -0.2) is 21.9 Å². The van der Waals surface area contributed by atoms with E-state index in [1.54, 1.807) is 6.07 Å². The number of carbonyl (C=O) groups excluding carboxylic acids is 1. The first-order chi connectivity index (χ1) is 11.1. The van der Waals surface area contributed by atoms with Gasteiger partial charge in [0.25, 0.3) is 11.5 Å². The molecule has 3 aromatic rings. The van der Waals surface area contributed by atoms with E-state index < -0.39 is 5.91 Å². The van der Waals surface area contributed by atoms with Gasteiger partial charge in [-0.25, -0.2) is 4.98 Å². The lowest BCUT2D eigenvalue weighted by Gasteiger charge is -2.07. The van der Waals surface area contributed by atoms with Crippen LogP contribution in [0.25, 0.3) is 4.96 Å². The van der Waals surface area contributed by atoms with Crippen LogP contribution in [0, 0.1) is 6.92 Å². The number of nitrogens with zero attached hydrogens (tertiary/aromatic N) is 2. The lowest BCUT2D eigenvalue weighted by atomic mass is 10.1. The summed E-state index contributed by atoms with van der Waals surface area (Å²) in [5.41, 5.74) is 2.15. The van der Waals surface area contributed by atoms with Crippen molar-refractivity contribution in [2.45, 2.75) is 13.3 Å². The molecule has 0 saturated carbocycles. The van der Waals surface area contributed by atoms with Crippen LogP contribution in [0.5, 0.6) is 5.75 Å². The summed E-state index contributed by atoms with van der Waals surface area (Å²) in [6.45, 7) is 2.47. The minimum atomic E-state index is -0.457. The third kappa shape index (κ3) is 2.29. The Bertz CT molecular complexity index is 990. The van der Waals surface area contributed by atoms with Crippen LogP contribution in [0.1, 0.15) is 21.6 Å². The maximum Gasteiger partial charge on any atom is 0.271 e. The van der Waals surface area contributed by atoms with E-state index in [1.807, 2.05) is 24.4 Å². The minimum absolute atomic E-state index is 0.0285. The number of benzene rings is 1. The Morgan fingerprint density at radius 3 is 3.17 bits per heavy atom. The predicted octanol–water partition coefficient (Wildman–Crippen LogP) is 2.25. The monoisotopic (exact) mass is 327 g/mol. The summed E-state index contributed by atoms with van der Waals surface area (Å²) in [6.07, 6.45) is 2.16. The van der Waals surface area contributed by atoms with Crippen molar-refractivity contribution in [2.75, 3.05) is 11.9 Å². The number of rotatable bonds is 2. The maximum absolute atomic E-state index is 12.5. The molecule has 7 heteroatoms. The normalized spacial score (nSPS) is 12.9. The average molecular weight is 327 g/mol. The summed E-state index contributed by atoms with van der Waals surface area (Å²) in [6, 6.07) is 5.47. The number of anilines is 1. The molecule has 4 rings (SSSR count). The number of ether oxygens (including phenoxy) is 1. The van der Waals surface area contributed by atoms with Gasteiger partial charge in [0.05, 0.1) is 6.61 Å². The molecule has 3 heterocycles. The second kappa shape index (κ2) is 5.20. The Morgan fingerprint density at radius 2 is 2.30 bits per heavy atom. The molecule has 23 heavy (non-hydrogen) atoms. The average Bonchev–Trinajstić information content (AvgIpc) is 3.14. The van der Waals surface area contributed by atoms with Gasteiger partial charge in [-0.1, -0.05) is 0 Å². The van der Waals surface area contributed by atoms with E-state index in [4.69, 9.17) is 4.74 Å². The third-order valence-corrected chi connectivity index (χ3v) is 4.77. The van der Waals surface area contributed by atoms with Crippen molar-refractivity contribution in [3.05, 3.63) is 57.0 Å². The highest BCUT2D eigenvalue weighted by Gasteiger charge is 2.17. The quantitative estimate of drug-likeness (QED) is 0.783. The second-order valence-electron chi connectivity index (χ2n) is 5.35. The van der Waals surface area contributed by atoms with Crippen molar-refractivity contribution in [1.82, 2.24) is 9.38 Å². The fourth-order valence-corrected chi connectivity index (χ4v) is 3.47. The topological polar surface area (TPSA) is 72.7 Å². The molecule has 0 fully saturated rings. The van der Waals surface area contributed by atoms with Crippen molar-refractivity contribution >= 4 is 27.9 Å². The fraction of sp³-hybridized carbons (Fsp3) is 0.188. The van der Waals surface area contributed by atoms with Gasteiger partial charge in [-0.3, -0.25) is 14.0 Å². The number of fused-ring (bicyclic) bond motifs is 2. The van der Waals surface area contributed by atoms with E-state index >= 15 is 0 Å². The zero-order valence-corrected chi connectivity index (χ0v) is 13.1. The third-order valence-electron chi connectivity index (χ3n) is 3.81. The van der Waals surface area contributed by atoms with E-state index in [1.165, 1.54) is 21.9 Å². The lowest BCUT2D eigenvalue weighted by molar-refractivity contribution is 0.102. The molecule has 0 bridgehead atoms.